The molecule has 0 radical (unpaired) electrons. The van der Waals surface area contributed by atoms with E-state index in [4.69, 9.17) is 5.11 Å². The van der Waals surface area contributed by atoms with Gasteiger partial charge in [-0.15, -0.1) is 0 Å². The van der Waals surface area contributed by atoms with Gasteiger partial charge in [-0.05, 0) is 5.92 Å². The van der Waals surface area contributed by atoms with Crippen molar-refractivity contribution in [2.75, 3.05) is 0 Å². The van der Waals surface area contributed by atoms with Crippen LogP contribution in [0, 0.1) is 11.8 Å². The highest BCUT2D eigenvalue weighted by molar-refractivity contribution is 4.98. The molecule has 0 amide bonds. The Labute approximate surface area is 83.1 Å². The molecule has 0 aromatic rings. The fraction of sp³-hybridized carbons (Fsp3) is 1.00. The van der Waals surface area contributed by atoms with Crippen LogP contribution < -0.4 is 0 Å². The molecule has 0 spiro atoms. The van der Waals surface area contributed by atoms with Crippen molar-refractivity contribution in [1.29, 1.82) is 0 Å². The molecule has 15 heavy (non-hydrogen) atoms. The van der Waals surface area contributed by atoms with E-state index in [0.717, 1.165) is 6.92 Å². The Bertz CT molecular complexity index is 202. The first-order valence-electron chi connectivity index (χ1n) is 4.21. The van der Waals surface area contributed by atoms with Crippen LogP contribution in [-0.4, -0.2) is 23.1 Å². The van der Waals surface area contributed by atoms with Gasteiger partial charge in [0.1, 0.15) is 0 Å². The fourth-order valence-electron chi connectivity index (χ4n) is 1.16. The summed E-state index contributed by atoms with van der Waals surface area (Å²) in [5.74, 6) is -2.91. The van der Waals surface area contributed by atoms with E-state index < -0.39 is 29.8 Å². The molecule has 7 heteroatoms. The van der Waals surface area contributed by atoms with Gasteiger partial charge < -0.3 is 5.11 Å². The van der Waals surface area contributed by atoms with Crippen molar-refractivity contribution in [3.63, 3.8) is 0 Å². The van der Waals surface area contributed by atoms with Crippen LogP contribution in [0.4, 0.5) is 26.3 Å². The van der Waals surface area contributed by atoms with Crippen molar-refractivity contribution >= 4 is 0 Å². The average Bonchev–Trinajstić information content (AvgIpc) is 1.96. The Kier molecular flexibility index (Phi) is 3.72. The van der Waals surface area contributed by atoms with Crippen LogP contribution in [-0.2, 0) is 0 Å². The summed E-state index contributed by atoms with van der Waals surface area (Å²) in [6, 6.07) is 0. The molecule has 1 atom stereocenters. The molecule has 1 nitrogen and oxygen atoms in total. The van der Waals surface area contributed by atoms with Gasteiger partial charge in [0.15, 0.2) is 0 Å². The number of halogens is 6. The summed E-state index contributed by atoms with van der Waals surface area (Å²) in [6.07, 6.45) is -11.5. The van der Waals surface area contributed by atoms with E-state index in [1.165, 1.54) is 13.8 Å². The predicted molar refractivity (Wildman–Crippen MR) is 41.1 cm³/mol. The minimum Gasteiger partial charge on any atom is -0.373 e. The van der Waals surface area contributed by atoms with Gasteiger partial charge in [-0.25, -0.2) is 0 Å². The standard InChI is InChI=1S/C8H12F6O/c1-4(2)5(3)6(15,7(9,10)11)8(12,13)14/h4-5,15H,1-3H3/t5-/m0/s1. The van der Waals surface area contributed by atoms with Crippen LogP contribution in [0.5, 0.6) is 0 Å². The first-order valence-corrected chi connectivity index (χ1v) is 4.21. The van der Waals surface area contributed by atoms with Crippen LogP contribution in [0.1, 0.15) is 20.8 Å². The van der Waals surface area contributed by atoms with Gasteiger partial charge in [0.2, 0.25) is 0 Å². The van der Waals surface area contributed by atoms with Crippen LogP contribution in [0.3, 0.4) is 0 Å². The third kappa shape index (κ3) is 2.38. The zero-order valence-electron chi connectivity index (χ0n) is 8.37. The van der Waals surface area contributed by atoms with E-state index in [1.807, 2.05) is 0 Å². The highest BCUT2D eigenvalue weighted by atomic mass is 19.4. The topological polar surface area (TPSA) is 20.2 Å². The lowest BCUT2D eigenvalue weighted by molar-refractivity contribution is -0.386. The molecule has 0 aromatic carbocycles. The van der Waals surface area contributed by atoms with E-state index in [1.54, 1.807) is 0 Å². The SMILES string of the molecule is CC(C)[C@H](C)C(O)(C(F)(F)F)C(F)(F)F. The minimum absolute atomic E-state index is 0.728. The highest BCUT2D eigenvalue weighted by Crippen LogP contribution is 2.49. The van der Waals surface area contributed by atoms with Crippen molar-refractivity contribution in [3.05, 3.63) is 0 Å². The summed E-state index contributed by atoms with van der Waals surface area (Å²) in [7, 11) is 0. The van der Waals surface area contributed by atoms with E-state index >= 15 is 0 Å². The zero-order chi connectivity index (χ0) is 12.7. The third-order valence-electron chi connectivity index (χ3n) is 2.52. The summed E-state index contributed by atoms with van der Waals surface area (Å²) in [6.45, 7) is 3.10. The van der Waals surface area contributed by atoms with Gasteiger partial charge in [-0.2, -0.15) is 26.3 Å². The molecular formula is C8H12F6O. The average molecular weight is 238 g/mol. The highest BCUT2D eigenvalue weighted by Gasteiger charge is 2.72. The Morgan fingerprint density at radius 3 is 1.13 bits per heavy atom. The molecule has 0 aromatic heterocycles. The second kappa shape index (κ2) is 3.84. The quantitative estimate of drug-likeness (QED) is 0.733. The first-order chi connectivity index (χ1) is 6.35. The molecule has 92 valence electrons. The fourth-order valence-corrected chi connectivity index (χ4v) is 1.16. The zero-order valence-corrected chi connectivity index (χ0v) is 8.37. The van der Waals surface area contributed by atoms with Gasteiger partial charge in [-0.1, -0.05) is 20.8 Å². The lowest BCUT2D eigenvalue weighted by Gasteiger charge is -2.38. The molecule has 0 rings (SSSR count). The number of aliphatic hydroxyl groups is 1. The summed E-state index contributed by atoms with van der Waals surface area (Å²) in [5, 5.41) is 8.87. The van der Waals surface area contributed by atoms with Crippen molar-refractivity contribution < 1.29 is 31.4 Å². The van der Waals surface area contributed by atoms with E-state index in [-0.39, 0.29) is 0 Å². The van der Waals surface area contributed by atoms with Gasteiger partial charge in [0.05, 0.1) is 0 Å². The molecule has 0 aliphatic heterocycles. The molecular weight excluding hydrogens is 226 g/mol. The Morgan fingerprint density at radius 1 is 0.800 bits per heavy atom. The van der Waals surface area contributed by atoms with Crippen molar-refractivity contribution in [1.82, 2.24) is 0 Å². The minimum atomic E-state index is -5.73. The molecule has 0 aliphatic carbocycles. The summed E-state index contributed by atoms with van der Waals surface area (Å²) < 4.78 is 73.4. The number of rotatable bonds is 2. The molecule has 0 fully saturated rings. The maximum atomic E-state index is 12.2. The first kappa shape index (κ1) is 14.5. The summed E-state index contributed by atoms with van der Waals surface area (Å²) in [4.78, 5) is 0. The second-order valence-electron chi connectivity index (χ2n) is 3.79. The molecule has 0 saturated heterocycles. The number of hydrogen-bond acceptors (Lipinski definition) is 1. The van der Waals surface area contributed by atoms with Crippen LogP contribution in [0.25, 0.3) is 0 Å². The maximum Gasteiger partial charge on any atom is 0.426 e. The smallest absolute Gasteiger partial charge is 0.373 e. The van der Waals surface area contributed by atoms with Gasteiger partial charge >= 0.3 is 12.4 Å². The van der Waals surface area contributed by atoms with Gasteiger partial charge in [0.25, 0.3) is 5.60 Å². The lowest BCUT2D eigenvalue weighted by Crippen LogP contribution is -2.62. The van der Waals surface area contributed by atoms with Crippen molar-refractivity contribution in [3.8, 4) is 0 Å². The molecule has 0 bridgehead atoms. The Hall–Kier alpha value is -0.460. The molecule has 0 saturated carbocycles. The number of alkyl halides is 6. The normalized spacial score (nSPS) is 17.0. The lowest BCUT2D eigenvalue weighted by atomic mass is 9.80. The summed E-state index contributed by atoms with van der Waals surface area (Å²) >= 11 is 0. The maximum absolute atomic E-state index is 12.2. The Balaban J connectivity index is 5.43. The molecule has 1 N–H and O–H groups in total. The second-order valence-corrected chi connectivity index (χ2v) is 3.79. The van der Waals surface area contributed by atoms with Crippen LogP contribution in [0.15, 0.2) is 0 Å². The monoisotopic (exact) mass is 238 g/mol. The summed E-state index contributed by atoms with van der Waals surface area (Å²) in [5.41, 5.74) is -4.64. The van der Waals surface area contributed by atoms with Crippen molar-refractivity contribution in [2.45, 2.75) is 38.7 Å². The van der Waals surface area contributed by atoms with Gasteiger partial charge in [-0.3, -0.25) is 0 Å². The van der Waals surface area contributed by atoms with Crippen LogP contribution in [0.2, 0.25) is 0 Å². The number of hydrogen-bond donors (Lipinski definition) is 1. The molecule has 0 aliphatic rings. The molecule has 0 heterocycles. The van der Waals surface area contributed by atoms with Crippen molar-refractivity contribution in [2.24, 2.45) is 11.8 Å². The van der Waals surface area contributed by atoms with E-state index in [2.05, 4.69) is 0 Å². The predicted octanol–water partition coefficient (Wildman–Crippen LogP) is 3.13. The Morgan fingerprint density at radius 2 is 1.07 bits per heavy atom. The van der Waals surface area contributed by atoms with Gasteiger partial charge in [0, 0.05) is 5.92 Å². The van der Waals surface area contributed by atoms with E-state index in [9.17, 15) is 26.3 Å². The third-order valence-corrected chi connectivity index (χ3v) is 2.52. The van der Waals surface area contributed by atoms with Crippen LogP contribution >= 0.6 is 0 Å². The molecule has 0 unspecified atom stereocenters. The largest absolute Gasteiger partial charge is 0.426 e. The van der Waals surface area contributed by atoms with E-state index in [0.29, 0.717) is 0 Å².